The van der Waals surface area contributed by atoms with Gasteiger partial charge < -0.3 is 4.74 Å². The lowest BCUT2D eigenvalue weighted by Crippen LogP contribution is -2.35. The Hall–Kier alpha value is -1.96. The van der Waals surface area contributed by atoms with Crippen molar-refractivity contribution in [2.45, 2.75) is 13.0 Å². The quantitative estimate of drug-likeness (QED) is 0.620. The smallest absolute Gasteiger partial charge is 0.312 e. The number of aryl methyl sites for hydroxylation is 1. The van der Waals surface area contributed by atoms with Gasteiger partial charge in [0.05, 0.1) is 24.5 Å². The molecule has 0 saturated heterocycles. The van der Waals surface area contributed by atoms with Crippen molar-refractivity contribution in [1.82, 2.24) is 14.5 Å². The molecule has 0 aliphatic carbocycles. The molecule has 2 aromatic heterocycles. The maximum Gasteiger partial charge on any atom is 0.312 e. The third-order valence-corrected chi connectivity index (χ3v) is 2.92. The van der Waals surface area contributed by atoms with Crippen molar-refractivity contribution in [3.8, 4) is 10.6 Å². The number of carbonyl (C=O) groups excluding carboxylic acids is 1. The van der Waals surface area contributed by atoms with Crippen molar-refractivity contribution in [3.05, 3.63) is 24.8 Å². The molecule has 102 valence electrons. The van der Waals surface area contributed by atoms with E-state index < -0.39 is 0 Å². The summed E-state index contributed by atoms with van der Waals surface area (Å²) in [6, 6.07) is 1.82. The summed E-state index contributed by atoms with van der Waals surface area (Å²) in [4.78, 5) is 19.9. The van der Waals surface area contributed by atoms with Crippen LogP contribution in [0.2, 0.25) is 0 Å². The molecule has 8 heteroatoms. The summed E-state index contributed by atoms with van der Waals surface area (Å²) in [6.45, 7) is 0.508. The number of rotatable bonds is 4. The number of ether oxygens (including phenoxy) is 1. The highest BCUT2D eigenvalue weighted by molar-refractivity contribution is 7.09. The Labute approximate surface area is 114 Å². The fraction of sp³-hybridized carbons (Fsp3) is 0.364. The van der Waals surface area contributed by atoms with Crippen LogP contribution in [-0.4, -0.2) is 34.7 Å². The number of aromatic nitrogens is 4. The van der Waals surface area contributed by atoms with Gasteiger partial charge >= 0.3 is 5.97 Å². The van der Waals surface area contributed by atoms with Crippen LogP contribution >= 0.6 is 11.5 Å². The van der Waals surface area contributed by atoms with Crippen molar-refractivity contribution in [2.24, 2.45) is 0 Å². The largest absolute Gasteiger partial charge is 0.469 e. The first kappa shape index (κ1) is 15.1. The van der Waals surface area contributed by atoms with Crippen molar-refractivity contribution < 1.29 is 18.6 Å². The average molecular weight is 285 g/mol. The molecule has 0 fully saturated rings. The van der Waals surface area contributed by atoms with Crippen molar-refractivity contribution in [3.63, 3.8) is 0 Å². The molecule has 19 heavy (non-hydrogen) atoms. The van der Waals surface area contributed by atoms with Crippen molar-refractivity contribution >= 4 is 17.5 Å². The summed E-state index contributed by atoms with van der Waals surface area (Å²) in [7, 11) is 1.88. The van der Waals surface area contributed by atoms with E-state index in [1.165, 1.54) is 25.0 Å². The summed E-state index contributed by atoms with van der Waals surface area (Å²) in [5.74, 6) is -0.242. The van der Waals surface area contributed by atoms with Gasteiger partial charge in [-0.05, 0) is 6.07 Å². The second-order valence-electron chi connectivity index (χ2n) is 3.25. The summed E-state index contributed by atoms with van der Waals surface area (Å²) in [6.07, 6.45) is 5.35. The zero-order valence-corrected chi connectivity index (χ0v) is 11.4. The van der Waals surface area contributed by atoms with Crippen molar-refractivity contribution in [2.75, 3.05) is 14.3 Å². The van der Waals surface area contributed by atoms with Crippen LogP contribution < -0.4 is 4.68 Å². The minimum absolute atomic E-state index is 0.242. The summed E-state index contributed by atoms with van der Waals surface area (Å²) in [5.41, 5.74) is 0.828. The third kappa shape index (κ3) is 4.66. The Kier molecular flexibility index (Phi) is 6.51. The van der Waals surface area contributed by atoms with Gasteiger partial charge in [-0.1, -0.05) is 4.68 Å². The van der Waals surface area contributed by atoms with Gasteiger partial charge in [-0.25, -0.2) is 9.97 Å². The molecule has 0 aliphatic heterocycles. The van der Waals surface area contributed by atoms with Gasteiger partial charge in [0.1, 0.15) is 17.6 Å². The van der Waals surface area contributed by atoms with Crippen LogP contribution in [0, 0.1) is 0 Å². The van der Waals surface area contributed by atoms with E-state index in [0.717, 1.165) is 10.6 Å². The molecule has 6 nitrogen and oxygen atoms in total. The molecule has 0 atom stereocenters. The highest BCUT2D eigenvalue weighted by Gasteiger charge is 2.13. The molecule has 0 unspecified atom stereocenters. The lowest BCUT2D eigenvalue weighted by molar-refractivity contribution is -0.745. The van der Waals surface area contributed by atoms with E-state index >= 15 is 0 Å². The van der Waals surface area contributed by atoms with Crippen LogP contribution in [0.3, 0.4) is 0 Å². The molecule has 0 saturated carbocycles. The number of nitrogens with zero attached hydrogens (tertiary/aromatic N) is 4. The highest BCUT2D eigenvalue weighted by Crippen LogP contribution is 2.16. The molecule has 0 radical (unpaired) electrons. The van der Waals surface area contributed by atoms with Gasteiger partial charge in [0.2, 0.25) is 6.20 Å². The predicted molar refractivity (Wildman–Crippen MR) is 67.0 cm³/mol. The maximum atomic E-state index is 11.0. The minimum Gasteiger partial charge on any atom is -0.469 e. The van der Waals surface area contributed by atoms with Crippen LogP contribution in [0.4, 0.5) is 4.39 Å². The first-order chi connectivity index (χ1) is 9.29. The number of halogens is 1. The SMILES string of the molecule is CF.COC(=O)CC[n+]1cc(-c2ccncn2)sn1. The van der Waals surface area contributed by atoms with Gasteiger partial charge in [0, 0.05) is 17.7 Å². The van der Waals surface area contributed by atoms with Crippen LogP contribution in [0.5, 0.6) is 0 Å². The Morgan fingerprint density at radius 2 is 2.32 bits per heavy atom. The van der Waals surface area contributed by atoms with Gasteiger partial charge in [0.15, 0.2) is 6.54 Å². The minimum atomic E-state index is -0.242. The number of carbonyl (C=O) groups is 1. The molecule has 0 spiro atoms. The number of alkyl halides is 1. The van der Waals surface area contributed by atoms with Gasteiger partial charge in [0.25, 0.3) is 0 Å². The van der Waals surface area contributed by atoms with E-state index in [4.69, 9.17) is 0 Å². The molecule has 0 amide bonds. The molecule has 0 aromatic carbocycles. The molecule has 2 heterocycles. The van der Waals surface area contributed by atoms with E-state index in [0.29, 0.717) is 20.1 Å². The summed E-state index contributed by atoms with van der Waals surface area (Å²) < 4.78 is 20.0. The first-order valence-electron chi connectivity index (χ1n) is 5.37. The Bertz CT molecular complexity index is 506. The van der Waals surface area contributed by atoms with E-state index in [1.807, 2.05) is 12.3 Å². The normalized spacial score (nSPS) is 9.42. The maximum absolute atomic E-state index is 11.0. The zero-order valence-electron chi connectivity index (χ0n) is 10.6. The average Bonchev–Trinajstić information content (AvgIpc) is 2.96. The molecule has 2 aromatic rings. The predicted octanol–water partition coefficient (Wildman–Crippen LogP) is 1.04. The molecular formula is C11H14FN4O2S+. The van der Waals surface area contributed by atoms with E-state index in [1.54, 1.807) is 10.9 Å². The number of methoxy groups -OCH3 is 1. The molecule has 0 aliphatic rings. The van der Waals surface area contributed by atoms with E-state index in [2.05, 4.69) is 19.2 Å². The van der Waals surface area contributed by atoms with Crippen LogP contribution in [0.1, 0.15) is 6.42 Å². The summed E-state index contributed by atoms with van der Waals surface area (Å²) >= 11 is 1.33. The van der Waals surface area contributed by atoms with E-state index in [9.17, 15) is 9.18 Å². The topological polar surface area (TPSA) is 68.8 Å². The van der Waals surface area contributed by atoms with Gasteiger partial charge in [-0.2, -0.15) is 0 Å². The third-order valence-electron chi connectivity index (χ3n) is 2.12. The Morgan fingerprint density at radius 3 is 2.95 bits per heavy atom. The van der Waals surface area contributed by atoms with Crippen LogP contribution in [0.25, 0.3) is 10.6 Å². The Morgan fingerprint density at radius 1 is 1.53 bits per heavy atom. The van der Waals surface area contributed by atoms with Crippen LogP contribution in [-0.2, 0) is 16.1 Å². The van der Waals surface area contributed by atoms with Crippen molar-refractivity contribution in [1.29, 1.82) is 0 Å². The molecule has 0 bridgehead atoms. The molecule has 2 rings (SSSR count). The fourth-order valence-corrected chi connectivity index (χ4v) is 1.95. The van der Waals surface area contributed by atoms with Gasteiger partial charge in [-0.3, -0.25) is 9.18 Å². The standard InChI is InChI=1S/C10H11N4O2S.CH3F/c1-16-10(15)3-5-14-6-9(17-13-14)8-2-4-11-7-12-8;1-2/h2,4,6-7H,3,5H2,1H3;1H3/q+1;. The second kappa shape index (κ2) is 8.20. The van der Waals surface area contributed by atoms with E-state index in [-0.39, 0.29) is 5.97 Å². The lowest BCUT2D eigenvalue weighted by atomic mass is 10.3. The monoisotopic (exact) mass is 285 g/mol. The lowest BCUT2D eigenvalue weighted by Gasteiger charge is -1.92. The number of esters is 1. The highest BCUT2D eigenvalue weighted by atomic mass is 32.1. The summed E-state index contributed by atoms with van der Waals surface area (Å²) in [5, 5.41) is 0. The number of hydrogen-bond acceptors (Lipinski definition) is 6. The Balaban J connectivity index is 0.000000861. The molecule has 0 N–H and O–H groups in total. The van der Waals surface area contributed by atoms with Crippen LogP contribution in [0.15, 0.2) is 24.8 Å². The molecular weight excluding hydrogens is 271 g/mol. The first-order valence-corrected chi connectivity index (χ1v) is 6.14. The van der Waals surface area contributed by atoms with Gasteiger partial charge in [-0.15, -0.1) is 0 Å². The number of hydrogen-bond donors (Lipinski definition) is 0. The second-order valence-corrected chi connectivity index (χ2v) is 4.04. The fourth-order valence-electron chi connectivity index (χ4n) is 1.24. The zero-order chi connectivity index (χ0) is 14.1.